The molecule has 0 saturated heterocycles. The van der Waals surface area contributed by atoms with E-state index in [4.69, 9.17) is 0 Å². The molecule has 3 nitrogen and oxygen atoms in total. The molecule has 2 aromatic heterocycles. The molecule has 3 heteroatoms. The summed E-state index contributed by atoms with van der Waals surface area (Å²) >= 11 is 0. The van der Waals surface area contributed by atoms with Crippen LogP contribution >= 0.6 is 0 Å². The molecular weight excluding hydrogens is 308 g/mol. The Kier molecular flexibility index (Phi) is 2.94. The Labute approximate surface area is 143 Å². The Bertz CT molecular complexity index is 1300. The first-order chi connectivity index (χ1) is 12.3. The van der Waals surface area contributed by atoms with E-state index in [2.05, 4.69) is 11.1 Å². The zero-order chi connectivity index (χ0) is 16.8. The smallest absolute Gasteiger partial charge is 0.263 e. The van der Waals surface area contributed by atoms with Gasteiger partial charge in [0.05, 0.1) is 11.0 Å². The lowest BCUT2D eigenvalue weighted by atomic mass is 10.0. The summed E-state index contributed by atoms with van der Waals surface area (Å²) in [6, 6.07) is 25.5. The maximum absolute atomic E-state index is 13.2. The molecule has 3 aromatic carbocycles. The molecule has 0 fully saturated rings. The van der Waals surface area contributed by atoms with Crippen LogP contribution in [0.2, 0.25) is 0 Å². The summed E-state index contributed by atoms with van der Waals surface area (Å²) < 4.78 is 1.80. The van der Waals surface area contributed by atoms with Crippen LogP contribution in [0, 0.1) is 0 Å². The monoisotopic (exact) mass is 322 g/mol. The first-order valence-corrected chi connectivity index (χ1v) is 8.21. The number of pyridine rings is 2. The van der Waals surface area contributed by atoms with Crippen molar-refractivity contribution in [3.8, 4) is 5.69 Å². The van der Waals surface area contributed by atoms with Gasteiger partial charge in [0, 0.05) is 28.0 Å². The lowest BCUT2D eigenvalue weighted by Crippen LogP contribution is -2.19. The van der Waals surface area contributed by atoms with Gasteiger partial charge in [0.15, 0.2) is 0 Å². The van der Waals surface area contributed by atoms with Crippen LogP contribution in [0.25, 0.3) is 38.3 Å². The Morgan fingerprint density at radius 2 is 1.40 bits per heavy atom. The van der Waals surface area contributed by atoms with E-state index in [0.29, 0.717) is 0 Å². The Hall–Kier alpha value is -3.46. The molecule has 0 N–H and O–H groups in total. The number of aromatic nitrogens is 2. The number of fused-ring (bicyclic) bond motifs is 5. The zero-order valence-electron chi connectivity index (χ0n) is 13.4. The third-order valence-electron chi connectivity index (χ3n) is 4.65. The molecule has 0 spiro atoms. The zero-order valence-corrected chi connectivity index (χ0v) is 13.4. The first kappa shape index (κ1) is 13.9. The summed E-state index contributed by atoms with van der Waals surface area (Å²) in [6.07, 6.45) is 1.80. The van der Waals surface area contributed by atoms with Crippen molar-refractivity contribution in [1.82, 2.24) is 9.55 Å². The molecule has 0 aliphatic carbocycles. The first-order valence-electron chi connectivity index (χ1n) is 8.21. The predicted octanol–water partition coefficient (Wildman–Crippen LogP) is 4.69. The summed E-state index contributed by atoms with van der Waals surface area (Å²) in [5.41, 5.74) is 2.69. The highest BCUT2D eigenvalue weighted by Crippen LogP contribution is 2.30. The van der Waals surface area contributed by atoms with Crippen LogP contribution in [0.1, 0.15) is 0 Å². The van der Waals surface area contributed by atoms with Gasteiger partial charge in [0.1, 0.15) is 0 Å². The van der Waals surface area contributed by atoms with Crippen LogP contribution in [0.5, 0.6) is 0 Å². The molecule has 0 atom stereocenters. The van der Waals surface area contributed by atoms with E-state index in [1.165, 1.54) is 0 Å². The number of hydrogen-bond donors (Lipinski definition) is 0. The fourth-order valence-corrected chi connectivity index (χ4v) is 3.56. The van der Waals surface area contributed by atoms with Gasteiger partial charge in [-0.25, -0.2) is 0 Å². The van der Waals surface area contributed by atoms with Crippen LogP contribution in [0.3, 0.4) is 0 Å². The van der Waals surface area contributed by atoms with Crippen molar-refractivity contribution in [2.75, 3.05) is 0 Å². The molecule has 0 amide bonds. The van der Waals surface area contributed by atoms with E-state index < -0.39 is 0 Å². The average molecular weight is 322 g/mol. The second kappa shape index (κ2) is 5.28. The van der Waals surface area contributed by atoms with Crippen molar-refractivity contribution in [1.29, 1.82) is 0 Å². The van der Waals surface area contributed by atoms with Gasteiger partial charge in [0.25, 0.3) is 5.56 Å². The number of para-hydroxylation sites is 1. The SMILES string of the molecule is O=c1c2ccccc2c2c3cccnc3ccc2n1-c1ccccc1. The van der Waals surface area contributed by atoms with Gasteiger partial charge in [-0.3, -0.25) is 14.3 Å². The standard InChI is InChI=1S/C22H14N2O/c25-22-17-10-5-4-9-16(17)21-18-11-6-14-23-19(18)12-13-20(21)24(22)15-7-2-1-3-8-15/h1-14H. The molecule has 5 aromatic rings. The highest BCUT2D eigenvalue weighted by atomic mass is 16.1. The second-order valence-corrected chi connectivity index (χ2v) is 6.05. The topological polar surface area (TPSA) is 34.9 Å². The van der Waals surface area contributed by atoms with Crippen molar-refractivity contribution in [2.45, 2.75) is 0 Å². The summed E-state index contributed by atoms with van der Waals surface area (Å²) in [6.45, 7) is 0. The van der Waals surface area contributed by atoms with E-state index >= 15 is 0 Å². The number of rotatable bonds is 1. The van der Waals surface area contributed by atoms with Gasteiger partial charge in [0.2, 0.25) is 0 Å². The lowest BCUT2D eigenvalue weighted by molar-refractivity contribution is 1.06. The van der Waals surface area contributed by atoms with Crippen LogP contribution in [-0.2, 0) is 0 Å². The average Bonchev–Trinajstić information content (AvgIpc) is 2.68. The van der Waals surface area contributed by atoms with Gasteiger partial charge < -0.3 is 0 Å². The highest BCUT2D eigenvalue weighted by Gasteiger charge is 2.14. The molecule has 0 aliphatic heterocycles. The molecule has 5 rings (SSSR count). The molecule has 0 bridgehead atoms. The van der Waals surface area contributed by atoms with E-state index in [9.17, 15) is 4.79 Å². The number of benzene rings is 3. The summed E-state index contributed by atoms with van der Waals surface area (Å²) in [5.74, 6) is 0. The molecule has 0 saturated carbocycles. The van der Waals surface area contributed by atoms with E-state index in [0.717, 1.165) is 38.3 Å². The molecule has 2 heterocycles. The number of nitrogens with zero attached hydrogens (tertiary/aromatic N) is 2. The van der Waals surface area contributed by atoms with Crippen LogP contribution in [-0.4, -0.2) is 9.55 Å². The Morgan fingerprint density at radius 3 is 2.24 bits per heavy atom. The Morgan fingerprint density at radius 1 is 0.680 bits per heavy atom. The predicted molar refractivity (Wildman–Crippen MR) is 102 cm³/mol. The Balaban J connectivity index is 2.13. The lowest BCUT2D eigenvalue weighted by Gasteiger charge is -2.14. The van der Waals surface area contributed by atoms with Crippen molar-refractivity contribution in [3.63, 3.8) is 0 Å². The van der Waals surface area contributed by atoms with E-state index in [1.54, 1.807) is 10.8 Å². The largest absolute Gasteiger partial charge is 0.276 e. The second-order valence-electron chi connectivity index (χ2n) is 6.05. The molecule has 0 radical (unpaired) electrons. The molecule has 0 aliphatic rings. The number of hydrogen-bond acceptors (Lipinski definition) is 2. The van der Waals surface area contributed by atoms with Crippen molar-refractivity contribution >= 4 is 32.6 Å². The third kappa shape index (κ3) is 1.99. The van der Waals surface area contributed by atoms with Crippen molar-refractivity contribution in [2.24, 2.45) is 0 Å². The maximum Gasteiger partial charge on any atom is 0.263 e. The minimum atomic E-state index is -0.00228. The van der Waals surface area contributed by atoms with Crippen molar-refractivity contribution < 1.29 is 0 Å². The molecule has 25 heavy (non-hydrogen) atoms. The molecule has 0 unspecified atom stereocenters. The van der Waals surface area contributed by atoms with Gasteiger partial charge in [-0.2, -0.15) is 0 Å². The van der Waals surface area contributed by atoms with E-state index in [-0.39, 0.29) is 5.56 Å². The minimum absolute atomic E-state index is 0.00228. The van der Waals surface area contributed by atoms with Crippen LogP contribution in [0.15, 0.2) is 89.9 Å². The summed E-state index contributed by atoms with van der Waals surface area (Å²) in [5, 5.41) is 3.80. The summed E-state index contributed by atoms with van der Waals surface area (Å²) in [7, 11) is 0. The van der Waals surface area contributed by atoms with Gasteiger partial charge in [-0.1, -0.05) is 42.5 Å². The fraction of sp³-hybridized carbons (Fsp3) is 0. The van der Waals surface area contributed by atoms with Crippen LogP contribution in [0.4, 0.5) is 0 Å². The van der Waals surface area contributed by atoms with Gasteiger partial charge in [-0.15, -0.1) is 0 Å². The summed E-state index contributed by atoms with van der Waals surface area (Å²) in [4.78, 5) is 17.7. The molecular formula is C22H14N2O. The fourth-order valence-electron chi connectivity index (χ4n) is 3.56. The third-order valence-corrected chi connectivity index (χ3v) is 4.65. The molecule has 118 valence electrons. The van der Waals surface area contributed by atoms with Gasteiger partial charge in [-0.05, 0) is 41.8 Å². The maximum atomic E-state index is 13.2. The van der Waals surface area contributed by atoms with Crippen LogP contribution < -0.4 is 5.56 Å². The highest BCUT2D eigenvalue weighted by molar-refractivity contribution is 6.18. The van der Waals surface area contributed by atoms with Crippen molar-refractivity contribution in [3.05, 3.63) is 95.4 Å². The van der Waals surface area contributed by atoms with E-state index in [1.807, 2.05) is 72.8 Å². The van der Waals surface area contributed by atoms with Gasteiger partial charge >= 0.3 is 0 Å². The minimum Gasteiger partial charge on any atom is -0.276 e. The normalized spacial score (nSPS) is 11.4. The quantitative estimate of drug-likeness (QED) is 0.420.